The molecule has 0 saturated heterocycles. The Labute approximate surface area is 121 Å². The van der Waals surface area contributed by atoms with Gasteiger partial charge in [0.1, 0.15) is 17.2 Å². The van der Waals surface area contributed by atoms with E-state index in [1.54, 1.807) is 7.05 Å². The van der Waals surface area contributed by atoms with Gasteiger partial charge in [-0.25, -0.2) is 13.6 Å². The third-order valence-corrected chi connectivity index (χ3v) is 3.36. The minimum absolute atomic E-state index is 0.0265. The molecule has 106 valence electrons. The summed E-state index contributed by atoms with van der Waals surface area (Å²) in [5.41, 5.74) is 0.468. The Kier molecular flexibility index (Phi) is 4.03. The second kappa shape index (κ2) is 5.58. The number of carboxylic acids is 1. The van der Waals surface area contributed by atoms with Crippen molar-refractivity contribution in [1.29, 1.82) is 0 Å². The molecule has 1 aromatic carbocycles. The molecular weight excluding hydrogens is 336 g/mol. The summed E-state index contributed by atoms with van der Waals surface area (Å²) >= 11 is 3.05. The molecule has 1 aromatic heterocycles. The lowest BCUT2D eigenvalue weighted by atomic mass is 10.2. The number of carbonyl (C=O) groups is 1. The van der Waals surface area contributed by atoms with E-state index in [-0.39, 0.29) is 22.3 Å². The lowest BCUT2D eigenvalue weighted by Crippen LogP contribution is -2.11. The normalized spacial score (nSPS) is 10.6. The van der Waals surface area contributed by atoms with Crippen LogP contribution in [0.5, 0.6) is 0 Å². The van der Waals surface area contributed by atoms with Crippen molar-refractivity contribution in [3.8, 4) is 0 Å². The maximum atomic E-state index is 13.6. The smallest absolute Gasteiger partial charge is 0.339 e. The monoisotopic (exact) mass is 345 g/mol. The fourth-order valence-electron chi connectivity index (χ4n) is 1.73. The molecule has 0 unspecified atom stereocenters. The molecule has 0 bridgehead atoms. The van der Waals surface area contributed by atoms with Gasteiger partial charge in [0.15, 0.2) is 0 Å². The number of halogens is 3. The Balaban J connectivity index is 2.26. The summed E-state index contributed by atoms with van der Waals surface area (Å²) in [5.74, 6) is -2.59. The topological polar surface area (TPSA) is 67.2 Å². The van der Waals surface area contributed by atoms with Gasteiger partial charge in [0.2, 0.25) is 0 Å². The number of carboxylic acid groups (broad SMARTS) is 1. The van der Waals surface area contributed by atoms with Crippen molar-refractivity contribution in [2.24, 2.45) is 7.05 Å². The Morgan fingerprint density at radius 3 is 2.80 bits per heavy atom. The summed E-state index contributed by atoms with van der Waals surface area (Å²) < 4.78 is 28.2. The molecule has 0 aliphatic rings. The van der Waals surface area contributed by atoms with E-state index in [1.807, 2.05) is 0 Å². The fourth-order valence-corrected chi connectivity index (χ4v) is 2.28. The van der Waals surface area contributed by atoms with E-state index >= 15 is 0 Å². The molecule has 20 heavy (non-hydrogen) atoms. The van der Waals surface area contributed by atoms with Crippen LogP contribution in [0, 0.1) is 11.6 Å². The molecule has 0 atom stereocenters. The van der Waals surface area contributed by atoms with Gasteiger partial charge in [-0.05, 0) is 22.0 Å². The third-order valence-electron chi connectivity index (χ3n) is 2.73. The molecule has 0 radical (unpaired) electrons. The van der Waals surface area contributed by atoms with Crippen LogP contribution in [-0.2, 0) is 13.6 Å². The minimum Gasteiger partial charge on any atom is -0.478 e. The van der Waals surface area contributed by atoms with Crippen LogP contribution < -0.4 is 5.32 Å². The number of hydrogen-bond acceptors (Lipinski definition) is 3. The van der Waals surface area contributed by atoms with Gasteiger partial charge in [-0.3, -0.25) is 4.68 Å². The van der Waals surface area contributed by atoms with E-state index in [0.29, 0.717) is 5.69 Å². The predicted molar refractivity (Wildman–Crippen MR) is 71.6 cm³/mol. The van der Waals surface area contributed by atoms with E-state index in [0.717, 1.165) is 12.1 Å². The second-order valence-corrected chi connectivity index (χ2v) is 4.89. The Morgan fingerprint density at radius 2 is 2.20 bits per heavy atom. The number of aryl methyl sites for hydroxylation is 1. The van der Waals surface area contributed by atoms with Gasteiger partial charge < -0.3 is 10.4 Å². The zero-order chi connectivity index (χ0) is 14.9. The molecule has 2 N–H and O–H groups in total. The zero-order valence-electron chi connectivity index (χ0n) is 10.3. The highest BCUT2D eigenvalue weighted by Gasteiger charge is 2.16. The van der Waals surface area contributed by atoms with Gasteiger partial charge in [-0.2, -0.15) is 5.10 Å². The maximum Gasteiger partial charge on any atom is 0.339 e. The molecule has 0 aliphatic heterocycles. The van der Waals surface area contributed by atoms with Crippen LogP contribution in [0.15, 0.2) is 22.8 Å². The van der Waals surface area contributed by atoms with Crippen molar-refractivity contribution in [2.45, 2.75) is 6.54 Å². The van der Waals surface area contributed by atoms with Gasteiger partial charge in [0.05, 0.1) is 24.1 Å². The van der Waals surface area contributed by atoms with Gasteiger partial charge in [-0.1, -0.05) is 0 Å². The molecule has 0 spiro atoms. The van der Waals surface area contributed by atoms with Gasteiger partial charge in [0, 0.05) is 17.6 Å². The van der Waals surface area contributed by atoms with E-state index in [2.05, 4.69) is 26.3 Å². The van der Waals surface area contributed by atoms with Crippen molar-refractivity contribution in [2.75, 3.05) is 5.32 Å². The van der Waals surface area contributed by atoms with Crippen LogP contribution in [0.2, 0.25) is 0 Å². The number of benzene rings is 1. The lowest BCUT2D eigenvalue weighted by Gasteiger charge is -2.11. The minimum atomic E-state index is -1.12. The Hall–Kier alpha value is -1.96. The standard InChI is InChI=1S/C12H10BrF2N3O2/c1-18-10(7(4-17-18)12(19)20)5-16-11-8(13)2-6(14)3-9(11)15/h2-4,16H,5H2,1H3,(H,19,20). The Morgan fingerprint density at radius 1 is 1.50 bits per heavy atom. The molecule has 8 heteroatoms. The van der Waals surface area contributed by atoms with Gasteiger partial charge >= 0.3 is 5.97 Å². The first-order chi connectivity index (χ1) is 9.40. The predicted octanol–water partition coefficient (Wildman–Crippen LogP) is 2.77. The summed E-state index contributed by atoms with van der Waals surface area (Å²) in [6, 6.07) is 1.86. The summed E-state index contributed by atoms with van der Waals surface area (Å²) in [6.07, 6.45) is 1.22. The van der Waals surface area contributed by atoms with Crippen molar-refractivity contribution in [1.82, 2.24) is 9.78 Å². The SMILES string of the molecule is Cn1ncc(C(=O)O)c1CNc1c(F)cc(F)cc1Br. The number of anilines is 1. The number of aromatic nitrogens is 2. The zero-order valence-corrected chi connectivity index (χ0v) is 11.9. The molecule has 1 heterocycles. The maximum absolute atomic E-state index is 13.6. The van der Waals surface area contributed by atoms with Crippen molar-refractivity contribution < 1.29 is 18.7 Å². The largest absolute Gasteiger partial charge is 0.478 e. The highest BCUT2D eigenvalue weighted by Crippen LogP contribution is 2.27. The summed E-state index contributed by atoms with van der Waals surface area (Å²) in [4.78, 5) is 11.0. The van der Waals surface area contributed by atoms with E-state index < -0.39 is 17.6 Å². The van der Waals surface area contributed by atoms with Crippen LogP contribution in [0.25, 0.3) is 0 Å². The first-order valence-corrected chi connectivity index (χ1v) is 6.32. The number of nitrogens with zero attached hydrogens (tertiary/aromatic N) is 2. The van der Waals surface area contributed by atoms with Gasteiger partial charge in [0.25, 0.3) is 0 Å². The van der Waals surface area contributed by atoms with E-state index in [1.165, 1.54) is 10.9 Å². The number of nitrogens with one attached hydrogen (secondary N) is 1. The number of hydrogen-bond donors (Lipinski definition) is 2. The van der Waals surface area contributed by atoms with Crippen molar-refractivity contribution in [3.63, 3.8) is 0 Å². The summed E-state index contributed by atoms with van der Waals surface area (Å²) in [5, 5.41) is 15.6. The molecule has 0 saturated carbocycles. The summed E-state index contributed by atoms with van der Waals surface area (Å²) in [7, 11) is 1.58. The van der Waals surface area contributed by atoms with Crippen LogP contribution in [0.4, 0.5) is 14.5 Å². The first kappa shape index (κ1) is 14.4. The molecule has 5 nitrogen and oxygen atoms in total. The number of rotatable bonds is 4. The van der Waals surface area contributed by atoms with E-state index in [9.17, 15) is 13.6 Å². The highest BCUT2D eigenvalue weighted by atomic mass is 79.9. The van der Waals surface area contributed by atoms with Crippen molar-refractivity contribution >= 4 is 27.6 Å². The van der Waals surface area contributed by atoms with Gasteiger partial charge in [-0.15, -0.1) is 0 Å². The molecule has 0 aliphatic carbocycles. The fraction of sp³-hybridized carbons (Fsp3) is 0.167. The molecule has 2 aromatic rings. The van der Waals surface area contributed by atoms with E-state index in [4.69, 9.17) is 5.11 Å². The Bertz CT molecular complexity index is 650. The van der Waals surface area contributed by atoms with Crippen LogP contribution in [0.1, 0.15) is 16.1 Å². The van der Waals surface area contributed by atoms with Crippen molar-refractivity contribution in [3.05, 3.63) is 45.7 Å². The van der Waals surface area contributed by atoms with Crippen LogP contribution in [0.3, 0.4) is 0 Å². The quantitative estimate of drug-likeness (QED) is 0.894. The average molecular weight is 346 g/mol. The molecule has 0 fully saturated rings. The average Bonchev–Trinajstić information content (AvgIpc) is 2.69. The molecular formula is C12H10BrF2N3O2. The highest BCUT2D eigenvalue weighted by molar-refractivity contribution is 9.10. The lowest BCUT2D eigenvalue weighted by molar-refractivity contribution is 0.0695. The van der Waals surface area contributed by atoms with Crippen LogP contribution >= 0.6 is 15.9 Å². The first-order valence-electron chi connectivity index (χ1n) is 5.52. The molecule has 2 rings (SSSR count). The third kappa shape index (κ3) is 2.79. The number of aromatic carboxylic acids is 1. The van der Waals surface area contributed by atoms with Crippen LogP contribution in [-0.4, -0.2) is 20.9 Å². The second-order valence-electron chi connectivity index (χ2n) is 4.03. The summed E-state index contributed by atoms with van der Waals surface area (Å²) in [6.45, 7) is 0.0410. The molecule has 0 amide bonds.